The van der Waals surface area contributed by atoms with Crippen molar-refractivity contribution in [3.05, 3.63) is 35.4 Å². The number of unbranched alkanes of at least 4 members (excludes halogenated alkanes) is 3. The maximum Gasteiger partial charge on any atom is 0.310 e. The van der Waals surface area contributed by atoms with Crippen LogP contribution in [0.3, 0.4) is 0 Å². The second-order valence-corrected chi connectivity index (χ2v) is 6.52. The molecule has 0 aromatic heterocycles. The Balaban J connectivity index is 2.71. The minimum Gasteiger partial charge on any atom is -0.481 e. The van der Waals surface area contributed by atoms with Gasteiger partial charge in [0.05, 0.1) is 12.5 Å². The molecule has 0 saturated carbocycles. The first kappa shape index (κ1) is 21.5. The molecule has 1 atom stereocenters. The Hall–Kier alpha value is -2.57. The molecule has 144 valence electrons. The molecule has 0 fully saturated rings. The van der Waals surface area contributed by atoms with Crippen LogP contribution in [0, 0.1) is 0 Å². The Morgan fingerprint density at radius 3 is 2.35 bits per heavy atom. The van der Waals surface area contributed by atoms with Crippen molar-refractivity contribution in [1.29, 1.82) is 0 Å². The fourth-order valence-electron chi connectivity index (χ4n) is 2.49. The third-order valence-electron chi connectivity index (χ3n) is 4.14. The molecule has 1 rings (SSSR count). The summed E-state index contributed by atoms with van der Waals surface area (Å²) in [7, 11) is 3.54. The number of hydrogen-bond acceptors (Lipinski definition) is 2. The maximum absolute atomic E-state index is 11.6. The fraction of sp³-hybridized carbons (Fsp3) is 0.526. The van der Waals surface area contributed by atoms with Crippen LogP contribution in [0.4, 0.5) is 0 Å². The molecule has 0 bridgehead atoms. The number of aliphatic imine (C=N–C) groups is 2. The third-order valence-corrected chi connectivity index (χ3v) is 4.14. The molecular weight excluding hydrogens is 330 g/mol. The third kappa shape index (κ3) is 7.55. The number of carboxylic acids is 1. The van der Waals surface area contributed by atoms with Crippen LogP contribution >= 0.6 is 0 Å². The molecular formula is C19H31N5O2. The summed E-state index contributed by atoms with van der Waals surface area (Å²) in [4.78, 5) is 21.4. The Kier molecular flexibility index (Phi) is 9.19. The van der Waals surface area contributed by atoms with E-state index in [-0.39, 0.29) is 11.9 Å². The van der Waals surface area contributed by atoms with Gasteiger partial charge in [0.25, 0.3) is 0 Å². The van der Waals surface area contributed by atoms with E-state index in [0.717, 1.165) is 36.8 Å². The number of nitrogens with two attached hydrogens (primary N) is 2. The van der Waals surface area contributed by atoms with E-state index < -0.39 is 11.9 Å². The van der Waals surface area contributed by atoms with Crippen molar-refractivity contribution in [3.63, 3.8) is 0 Å². The first-order chi connectivity index (χ1) is 12.3. The van der Waals surface area contributed by atoms with Gasteiger partial charge in [-0.05, 0) is 17.5 Å². The number of aliphatic carboxylic acids is 1. The Bertz CT molecular complexity index is 623. The molecule has 26 heavy (non-hydrogen) atoms. The molecule has 7 heteroatoms. The topological polar surface area (TPSA) is 117 Å². The summed E-state index contributed by atoms with van der Waals surface area (Å²) in [5.74, 6) is -0.836. The average molecular weight is 361 g/mol. The van der Waals surface area contributed by atoms with Gasteiger partial charge in [-0.3, -0.25) is 4.79 Å². The first-order valence-corrected chi connectivity index (χ1v) is 8.98. The van der Waals surface area contributed by atoms with E-state index in [9.17, 15) is 9.90 Å². The summed E-state index contributed by atoms with van der Waals surface area (Å²) in [6.45, 7) is 2.51. The number of guanidine groups is 2. The molecule has 1 unspecified atom stereocenters. The highest BCUT2D eigenvalue weighted by Crippen LogP contribution is 2.23. The molecule has 0 aliphatic carbocycles. The fourth-order valence-corrected chi connectivity index (χ4v) is 2.49. The standard InChI is InChI=1S/C19H31N5O2/c1-4-5-6-7-8-16(17(25)26)15-11-9-14(10-12-15)13-22-18(20)23-19(21)24(2)3/h9-12,16H,4-8,13H2,1-3H3,(H,25,26)(H4,20,21,22,23). The van der Waals surface area contributed by atoms with Crippen LogP contribution in [-0.4, -0.2) is 42.0 Å². The minimum atomic E-state index is -0.773. The van der Waals surface area contributed by atoms with Crippen LogP contribution in [-0.2, 0) is 11.3 Å². The van der Waals surface area contributed by atoms with Gasteiger partial charge in [0, 0.05) is 14.1 Å². The van der Waals surface area contributed by atoms with Crippen LogP contribution < -0.4 is 11.5 Å². The lowest BCUT2D eigenvalue weighted by Gasteiger charge is -2.13. The van der Waals surface area contributed by atoms with Crippen molar-refractivity contribution < 1.29 is 9.90 Å². The number of benzene rings is 1. The van der Waals surface area contributed by atoms with Gasteiger partial charge < -0.3 is 21.5 Å². The van der Waals surface area contributed by atoms with Gasteiger partial charge in [0.15, 0.2) is 5.96 Å². The highest BCUT2D eigenvalue weighted by Gasteiger charge is 2.19. The number of nitrogens with zero attached hydrogens (tertiary/aromatic N) is 3. The van der Waals surface area contributed by atoms with E-state index in [2.05, 4.69) is 16.9 Å². The van der Waals surface area contributed by atoms with E-state index in [1.54, 1.807) is 19.0 Å². The predicted octanol–water partition coefficient (Wildman–Crippen LogP) is 2.52. The summed E-state index contributed by atoms with van der Waals surface area (Å²) < 4.78 is 0. The summed E-state index contributed by atoms with van der Waals surface area (Å²) in [6, 6.07) is 7.48. The molecule has 7 nitrogen and oxygen atoms in total. The second kappa shape index (κ2) is 11.1. The highest BCUT2D eigenvalue weighted by atomic mass is 16.4. The lowest BCUT2D eigenvalue weighted by Crippen LogP contribution is -2.32. The van der Waals surface area contributed by atoms with Gasteiger partial charge in [-0.25, -0.2) is 4.99 Å². The largest absolute Gasteiger partial charge is 0.481 e. The Labute approximate surface area is 155 Å². The van der Waals surface area contributed by atoms with Crippen LogP contribution in [0.2, 0.25) is 0 Å². The molecule has 0 spiro atoms. The number of carboxylic acid groups (broad SMARTS) is 1. The number of carbonyl (C=O) groups is 1. The highest BCUT2D eigenvalue weighted by molar-refractivity contribution is 5.93. The van der Waals surface area contributed by atoms with E-state index in [0.29, 0.717) is 13.0 Å². The van der Waals surface area contributed by atoms with Crippen LogP contribution in [0.1, 0.15) is 56.1 Å². The van der Waals surface area contributed by atoms with Crippen LogP contribution in [0.5, 0.6) is 0 Å². The van der Waals surface area contributed by atoms with E-state index in [4.69, 9.17) is 11.5 Å². The predicted molar refractivity (Wildman–Crippen MR) is 106 cm³/mol. The lowest BCUT2D eigenvalue weighted by atomic mass is 9.92. The normalized spacial score (nSPS) is 13.5. The van der Waals surface area contributed by atoms with Crippen LogP contribution in [0.15, 0.2) is 34.3 Å². The van der Waals surface area contributed by atoms with Gasteiger partial charge in [0.1, 0.15) is 0 Å². The molecule has 1 aromatic rings. The lowest BCUT2D eigenvalue weighted by molar-refractivity contribution is -0.139. The molecule has 0 amide bonds. The molecule has 0 aliphatic heterocycles. The summed E-state index contributed by atoms with van der Waals surface area (Å²) in [5.41, 5.74) is 13.2. The smallest absolute Gasteiger partial charge is 0.310 e. The van der Waals surface area contributed by atoms with Crippen molar-refractivity contribution in [2.45, 2.75) is 51.5 Å². The quantitative estimate of drug-likeness (QED) is 0.355. The van der Waals surface area contributed by atoms with E-state index in [1.165, 1.54) is 0 Å². The van der Waals surface area contributed by atoms with Crippen molar-refractivity contribution in [2.24, 2.45) is 21.5 Å². The molecule has 0 aliphatic rings. The summed E-state index contributed by atoms with van der Waals surface area (Å²) in [5, 5.41) is 9.49. The van der Waals surface area contributed by atoms with E-state index in [1.807, 2.05) is 24.3 Å². The number of hydrogen-bond donors (Lipinski definition) is 3. The Morgan fingerprint density at radius 2 is 1.81 bits per heavy atom. The zero-order valence-corrected chi connectivity index (χ0v) is 16.0. The van der Waals surface area contributed by atoms with Gasteiger partial charge in [0.2, 0.25) is 5.96 Å². The van der Waals surface area contributed by atoms with Crippen molar-refractivity contribution >= 4 is 17.9 Å². The molecule has 0 saturated heterocycles. The first-order valence-electron chi connectivity index (χ1n) is 8.98. The summed E-state index contributed by atoms with van der Waals surface area (Å²) >= 11 is 0. The Morgan fingerprint density at radius 1 is 1.15 bits per heavy atom. The second-order valence-electron chi connectivity index (χ2n) is 6.52. The monoisotopic (exact) mass is 361 g/mol. The zero-order chi connectivity index (χ0) is 19.5. The SMILES string of the molecule is CCCCCCC(C(=O)O)c1ccc(CN=C(N)N=C(N)N(C)C)cc1. The molecule has 0 radical (unpaired) electrons. The zero-order valence-electron chi connectivity index (χ0n) is 16.0. The van der Waals surface area contributed by atoms with Gasteiger partial charge >= 0.3 is 5.97 Å². The number of rotatable bonds is 9. The molecule has 0 heterocycles. The van der Waals surface area contributed by atoms with Crippen molar-refractivity contribution in [3.8, 4) is 0 Å². The van der Waals surface area contributed by atoms with Gasteiger partial charge in [-0.1, -0.05) is 56.9 Å². The van der Waals surface area contributed by atoms with Crippen molar-refractivity contribution in [1.82, 2.24) is 4.90 Å². The minimum absolute atomic E-state index is 0.111. The van der Waals surface area contributed by atoms with Crippen LogP contribution in [0.25, 0.3) is 0 Å². The van der Waals surface area contributed by atoms with Crippen molar-refractivity contribution in [2.75, 3.05) is 14.1 Å². The average Bonchev–Trinajstić information content (AvgIpc) is 2.60. The van der Waals surface area contributed by atoms with Gasteiger partial charge in [-0.2, -0.15) is 4.99 Å². The van der Waals surface area contributed by atoms with E-state index >= 15 is 0 Å². The molecule has 5 N–H and O–H groups in total. The molecule has 1 aromatic carbocycles. The van der Waals surface area contributed by atoms with Gasteiger partial charge in [-0.15, -0.1) is 0 Å². The summed E-state index contributed by atoms with van der Waals surface area (Å²) in [6.07, 6.45) is 4.95. The maximum atomic E-state index is 11.6.